The van der Waals surface area contributed by atoms with Crippen molar-refractivity contribution in [3.8, 4) is 0 Å². The second kappa shape index (κ2) is 8.79. The number of aliphatic hydroxyl groups is 3. The summed E-state index contributed by atoms with van der Waals surface area (Å²) < 4.78 is 10.0. The molecule has 1 aromatic rings. The molecule has 0 spiro atoms. The van der Waals surface area contributed by atoms with Crippen molar-refractivity contribution in [2.24, 2.45) is 5.92 Å². The van der Waals surface area contributed by atoms with Crippen LogP contribution in [0, 0.1) is 5.92 Å². The fraction of sp³-hybridized carbons (Fsp3) is 0.579. The number of aliphatic hydroxyl groups excluding tert-OH is 3. The molecule has 1 aromatic carbocycles. The van der Waals surface area contributed by atoms with Gasteiger partial charge in [-0.3, -0.25) is 4.79 Å². The van der Waals surface area contributed by atoms with E-state index in [9.17, 15) is 24.9 Å². The number of benzene rings is 1. The molecule has 8 heteroatoms. The van der Waals surface area contributed by atoms with Gasteiger partial charge in [0.1, 0.15) is 18.3 Å². The van der Waals surface area contributed by atoms with E-state index in [-0.39, 0.29) is 0 Å². The summed E-state index contributed by atoms with van der Waals surface area (Å²) in [6.07, 6.45) is -8.01. The highest BCUT2D eigenvalue weighted by Crippen LogP contribution is 2.25. The first kappa shape index (κ1) is 21.3. The van der Waals surface area contributed by atoms with Gasteiger partial charge in [-0.15, -0.1) is 0 Å². The standard InChI is InChI=1S/C19H26O8/c1-9(2)8-11-4-6-12(7-5-11)10(3)18(25)27-19-15(22)13(20)14(21)16(26-19)17(23)24/h4-7,9-10,13-16,19-22H,8H2,1-3H3,(H,23,24)/t10?,13-,14-,15+,16-,19-/m1/s1. The summed E-state index contributed by atoms with van der Waals surface area (Å²) in [6, 6.07) is 7.46. The van der Waals surface area contributed by atoms with Gasteiger partial charge in [-0.1, -0.05) is 38.1 Å². The molecule has 27 heavy (non-hydrogen) atoms. The van der Waals surface area contributed by atoms with E-state index in [1.165, 1.54) is 0 Å². The second-order valence-electron chi connectivity index (χ2n) is 7.23. The third-order valence-electron chi connectivity index (χ3n) is 4.52. The summed E-state index contributed by atoms with van der Waals surface area (Å²) in [5.41, 5.74) is 1.83. The first-order valence-electron chi connectivity index (χ1n) is 8.83. The van der Waals surface area contributed by atoms with Crippen LogP contribution in [0.1, 0.15) is 37.8 Å². The van der Waals surface area contributed by atoms with Crippen molar-refractivity contribution in [1.29, 1.82) is 0 Å². The maximum atomic E-state index is 12.4. The van der Waals surface area contributed by atoms with E-state index in [2.05, 4.69) is 13.8 Å². The van der Waals surface area contributed by atoms with Gasteiger partial charge < -0.3 is 29.9 Å². The molecule has 0 aromatic heterocycles. The van der Waals surface area contributed by atoms with Gasteiger partial charge in [-0.2, -0.15) is 0 Å². The minimum absolute atomic E-state index is 0.507. The second-order valence-corrected chi connectivity index (χ2v) is 7.23. The molecule has 0 aliphatic carbocycles. The highest BCUT2D eigenvalue weighted by atomic mass is 16.7. The van der Waals surface area contributed by atoms with Gasteiger partial charge in [0, 0.05) is 0 Å². The number of carboxylic acid groups (broad SMARTS) is 1. The zero-order valence-corrected chi connectivity index (χ0v) is 15.5. The van der Waals surface area contributed by atoms with Crippen LogP contribution in [0.25, 0.3) is 0 Å². The van der Waals surface area contributed by atoms with Gasteiger partial charge in [0.15, 0.2) is 6.10 Å². The van der Waals surface area contributed by atoms with E-state index < -0.39 is 48.6 Å². The summed E-state index contributed by atoms with van der Waals surface area (Å²) in [6.45, 7) is 5.83. The minimum atomic E-state index is -1.83. The minimum Gasteiger partial charge on any atom is -0.479 e. The molecule has 1 fully saturated rings. The molecule has 1 aliphatic rings. The molecule has 2 rings (SSSR count). The van der Waals surface area contributed by atoms with Gasteiger partial charge >= 0.3 is 11.9 Å². The average Bonchev–Trinajstić information content (AvgIpc) is 2.61. The quantitative estimate of drug-likeness (QED) is 0.520. The van der Waals surface area contributed by atoms with Crippen molar-refractivity contribution in [3.63, 3.8) is 0 Å². The van der Waals surface area contributed by atoms with Crippen molar-refractivity contribution in [3.05, 3.63) is 35.4 Å². The van der Waals surface area contributed by atoms with E-state index in [0.29, 0.717) is 11.5 Å². The number of hydrogen-bond donors (Lipinski definition) is 4. The lowest BCUT2D eigenvalue weighted by Gasteiger charge is -2.38. The third-order valence-corrected chi connectivity index (χ3v) is 4.52. The van der Waals surface area contributed by atoms with Crippen LogP contribution in [-0.2, 0) is 25.5 Å². The monoisotopic (exact) mass is 382 g/mol. The Kier molecular flexibility index (Phi) is 6.94. The topological polar surface area (TPSA) is 134 Å². The van der Waals surface area contributed by atoms with Crippen LogP contribution in [0.4, 0.5) is 0 Å². The third kappa shape index (κ3) is 5.04. The molecule has 6 atom stereocenters. The summed E-state index contributed by atoms with van der Waals surface area (Å²) in [7, 11) is 0. The molecule has 0 amide bonds. The molecule has 0 radical (unpaired) electrons. The van der Waals surface area contributed by atoms with Crippen LogP contribution in [0.3, 0.4) is 0 Å². The van der Waals surface area contributed by atoms with E-state index in [4.69, 9.17) is 14.6 Å². The average molecular weight is 382 g/mol. The number of rotatable bonds is 6. The Morgan fingerprint density at radius 3 is 2.15 bits per heavy atom. The Morgan fingerprint density at radius 2 is 1.63 bits per heavy atom. The largest absolute Gasteiger partial charge is 0.479 e. The first-order chi connectivity index (χ1) is 12.6. The molecule has 8 nitrogen and oxygen atoms in total. The van der Waals surface area contributed by atoms with E-state index in [1.54, 1.807) is 19.1 Å². The summed E-state index contributed by atoms with van der Waals surface area (Å²) in [5.74, 6) is -2.47. The molecular formula is C19H26O8. The first-order valence-corrected chi connectivity index (χ1v) is 8.83. The number of carbonyl (C=O) groups is 2. The van der Waals surface area contributed by atoms with Gasteiger partial charge in [0.2, 0.25) is 6.29 Å². The van der Waals surface area contributed by atoms with Crippen molar-refractivity contribution in [2.45, 2.75) is 63.8 Å². The number of hydrogen-bond acceptors (Lipinski definition) is 7. The van der Waals surface area contributed by atoms with Crippen molar-refractivity contribution < 1.29 is 39.5 Å². The number of aliphatic carboxylic acids is 1. The van der Waals surface area contributed by atoms with Crippen LogP contribution >= 0.6 is 0 Å². The van der Waals surface area contributed by atoms with E-state index in [1.807, 2.05) is 12.1 Å². The van der Waals surface area contributed by atoms with Gasteiger partial charge in [0.05, 0.1) is 5.92 Å². The van der Waals surface area contributed by atoms with E-state index >= 15 is 0 Å². The Labute approximate surface area is 157 Å². The summed E-state index contributed by atoms with van der Waals surface area (Å²) in [4.78, 5) is 23.5. The lowest BCUT2D eigenvalue weighted by Crippen LogP contribution is -2.60. The highest BCUT2D eigenvalue weighted by molar-refractivity contribution is 5.78. The smallest absolute Gasteiger partial charge is 0.335 e. The van der Waals surface area contributed by atoms with Gasteiger partial charge in [-0.25, -0.2) is 4.79 Å². The molecule has 1 heterocycles. The van der Waals surface area contributed by atoms with Gasteiger partial charge in [-0.05, 0) is 30.4 Å². The zero-order chi connectivity index (χ0) is 20.3. The fourth-order valence-electron chi connectivity index (χ4n) is 2.92. The molecule has 1 unspecified atom stereocenters. The van der Waals surface area contributed by atoms with Crippen LogP contribution in [0.5, 0.6) is 0 Å². The predicted octanol–water partition coefficient (Wildman–Crippen LogP) is 0.424. The normalized spacial score (nSPS) is 29.4. The van der Waals surface area contributed by atoms with Crippen molar-refractivity contribution in [1.82, 2.24) is 0 Å². The zero-order valence-electron chi connectivity index (χ0n) is 15.5. The Hall–Kier alpha value is -2.00. The Morgan fingerprint density at radius 1 is 1.04 bits per heavy atom. The number of esters is 1. The number of ether oxygens (including phenoxy) is 2. The Balaban J connectivity index is 2.05. The predicted molar refractivity (Wildman–Crippen MR) is 93.8 cm³/mol. The maximum absolute atomic E-state index is 12.4. The molecule has 0 saturated carbocycles. The van der Waals surface area contributed by atoms with Gasteiger partial charge in [0.25, 0.3) is 0 Å². The molecular weight excluding hydrogens is 356 g/mol. The van der Waals surface area contributed by atoms with Crippen LogP contribution < -0.4 is 0 Å². The maximum Gasteiger partial charge on any atom is 0.335 e. The summed E-state index contributed by atoms with van der Waals surface area (Å²) >= 11 is 0. The summed E-state index contributed by atoms with van der Waals surface area (Å²) in [5, 5.41) is 38.4. The lowest BCUT2D eigenvalue weighted by atomic mass is 9.96. The fourth-order valence-corrected chi connectivity index (χ4v) is 2.92. The highest BCUT2D eigenvalue weighted by Gasteiger charge is 2.48. The molecule has 1 aliphatic heterocycles. The molecule has 150 valence electrons. The SMILES string of the molecule is CC(C)Cc1ccc(C(C)C(=O)O[C@H]2O[C@@H](C(=O)O)[C@H](O)[C@@H](O)[C@@H]2O)cc1. The van der Waals surface area contributed by atoms with Crippen LogP contribution in [0.15, 0.2) is 24.3 Å². The number of carboxylic acids is 1. The number of carbonyl (C=O) groups excluding carboxylic acids is 1. The lowest BCUT2D eigenvalue weighted by molar-refractivity contribution is -0.286. The Bertz CT molecular complexity index is 656. The van der Waals surface area contributed by atoms with Crippen LogP contribution in [0.2, 0.25) is 0 Å². The molecule has 4 N–H and O–H groups in total. The van der Waals surface area contributed by atoms with E-state index in [0.717, 1.165) is 12.0 Å². The molecule has 0 bridgehead atoms. The van der Waals surface area contributed by atoms with Crippen molar-refractivity contribution >= 4 is 11.9 Å². The van der Waals surface area contributed by atoms with Crippen molar-refractivity contribution in [2.75, 3.05) is 0 Å². The van der Waals surface area contributed by atoms with Crippen LogP contribution in [-0.4, -0.2) is 63.1 Å². The molecule has 1 saturated heterocycles.